The van der Waals surface area contributed by atoms with Gasteiger partial charge in [-0.1, -0.05) is 78.9 Å². The van der Waals surface area contributed by atoms with Crippen molar-refractivity contribution in [2.24, 2.45) is 0 Å². The van der Waals surface area contributed by atoms with Crippen LogP contribution in [-0.4, -0.2) is 0 Å². The highest BCUT2D eigenvalue weighted by Gasteiger charge is 2.01. The molecule has 0 bridgehead atoms. The maximum Gasteiger partial charge on any atom is -0.0163 e. The molecule has 0 spiro atoms. The van der Waals surface area contributed by atoms with E-state index < -0.39 is 0 Å². The van der Waals surface area contributed by atoms with E-state index in [1.165, 1.54) is 22.3 Å². The van der Waals surface area contributed by atoms with E-state index in [0.29, 0.717) is 0 Å². The third-order valence-electron chi connectivity index (χ3n) is 3.28. The molecule has 0 saturated carbocycles. The Kier molecular flexibility index (Phi) is 3.42. The van der Waals surface area contributed by atoms with Gasteiger partial charge in [-0.15, -0.1) is 0 Å². The van der Waals surface area contributed by atoms with Gasteiger partial charge in [0.05, 0.1) is 0 Å². The molecule has 2 aromatic rings. The summed E-state index contributed by atoms with van der Waals surface area (Å²) in [6.45, 7) is 0. The summed E-state index contributed by atoms with van der Waals surface area (Å²) >= 11 is 0. The van der Waals surface area contributed by atoms with E-state index in [0.717, 1.165) is 6.42 Å². The van der Waals surface area contributed by atoms with E-state index in [1.807, 2.05) is 0 Å². The molecule has 0 saturated heterocycles. The van der Waals surface area contributed by atoms with Crippen molar-refractivity contribution in [3.8, 4) is 11.1 Å². The highest BCUT2D eigenvalue weighted by Crippen LogP contribution is 2.25. The average Bonchev–Trinajstić information content (AvgIpc) is 2.77. The Hall–Kier alpha value is -2.34. The smallest absolute Gasteiger partial charge is 0.0163 e. The van der Waals surface area contributed by atoms with E-state index in [2.05, 4.69) is 85.0 Å². The lowest BCUT2D eigenvalue weighted by molar-refractivity contribution is 1.41. The van der Waals surface area contributed by atoms with Crippen LogP contribution in [0.2, 0.25) is 0 Å². The maximum atomic E-state index is 2.25. The average molecular weight is 244 g/mol. The topological polar surface area (TPSA) is 0 Å². The van der Waals surface area contributed by atoms with Crippen molar-refractivity contribution < 1.29 is 0 Å². The van der Waals surface area contributed by atoms with Crippen LogP contribution in [0.3, 0.4) is 0 Å². The van der Waals surface area contributed by atoms with Crippen LogP contribution in [0.4, 0.5) is 0 Å². The molecule has 0 radical (unpaired) electrons. The number of benzene rings is 2. The lowest BCUT2D eigenvalue weighted by atomic mass is 9.99. The Morgan fingerprint density at radius 1 is 0.684 bits per heavy atom. The Bertz CT molecular complexity index is 643. The van der Waals surface area contributed by atoms with Crippen LogP contribution in [0.5, 0.6) is 0 Å². The molecule has 0 heteroatoms. The predicted molar refractivity (Wildman–Crippen MR) is 82.8 cm³/mol. The standard InChI is InChI=1S/C19H16/c1-2-5-10-16(9-4-1)18-13-8-14-19(15-18)17-11-6-3-7-12-17/h1,3-15H,2H2. The van der Waals surface area contributed by atoms with Gasteiger partial charge < -0.3 is 0 Å². The fourth-order valence-corrected chi connectivity index (χ4v) is 2.28. The molecular formula is C19H16. The summed E-state index contributed by atoms with van der Waals surface area (Å²) in [5.74, 6) is 0. The fourth-order valence-electron chi connectivity index (χ4n) is 2.28. The van der Waals surface area contributed by atoms with Crippen molar-refractivity contribution in [1.29, 1.82) is 0 Å². The minimum Gasteiger partial charge on any atom is -0.0807 e. The normalized spacial score (nSPS) is 14.0. The molecule has 0 N–H and O–H groups in total. The van der Waals surface area contributed by atoms with Crippen LogP contribution in [0.1, 0.15) is 12.0 Å². The van der Waals surface area contributed by atoms with Gasteiger partial charge in [0.1, 0.15) is 0 Å². The van der Waals surface area contributed by atoms with Gasteiger partial charge in [0.25, 0.3) is 0 Å². The third-order valence-corrected chi connectivity index (χ3v) is 3.28. The van der Waals surface area contributed by atoms with Crippen molar-refractivity contribution in [2.45, 2.75) is 6.42 Å². The first kappa shape index (κ1) is 11.7. The number of rotatable bonds is 2. The Morgan fingerprint density at radius 3 is 2.37 bits per heavy atom. The molecule has 3 rings (SSSR count). The summed E-state index contributed by atoms with van der Waals surface area (Å²) in [7, 11) is 0. The lowest BCUT2D eigenvalue weighted by Gasteiger charge is -2.06. The molecule has 0 aromatic heterocycles. The molecule has 2 aromatic carbocycles. The van der Waals surface area contributed by atoms with Gasteiger partial charge in [0.2, 0.25) is 0 Å². The molecule has 0 amide bonds. The number of hydrogen-bond acceptors (Lipinski definition) is 0. The van der Waals surface area contributed by atoms with Crippen molar-refractivity contribution in [3.05, 3.63) is 90.5 Å². The van der Waals surface area contributed by atoms with Gasteiger partial charge >= 0.3 is 0 Å². The molecule has 19 heavy (non-hydrogen) atoms. The Labute approximate surface area is 114 Å². The Balaban J connectivity index is 2.01. The second-order valence-corrected chi connectivity index (χ2v) is 4.64. The molecule has 0 atom stereocenters. The van der Waals surface area contributed by atoms with Crippen molar-refractivity contribution >= 4 is 5.57 Å². The van der Waals surface area contributed by atoms with Gasteiger partial charge in [0, 0.05) is 0 Å². The second kappa shape index (κ2) is 5.53. The quantitative estimate of drug-likeness (QED) is 0.676. The minimum atomic E-state index is 1.01. The van der Waals surface area contributed by atoms with E-state index in [9.17, 15) is 0 Å². The summed E-state index contributed by atoms with van der Waals surface area (Å²) < 4.78 is 0. The highest BCUT2D eigenvalue weighted by atomic mass is 14.1. The number of allylic oxidation sites excluding steroid dienone is 6. The van der Waals surface area contributed by atoms with E-state index in [1.54, 1.807) is 0 Å². The number of hydrogen-bond donors (Lipinski definition) is 0. The molecule has 1 aliphatic rings. The van der Waals surface area contributed by atoms with Crippen LogP contribution in [0.25, 0.3) is 16.7 Å². The van der Waals surface area contributed by atoms with Crippen LogP contribution < -0.4 is 0 Å². The van der Waals surface area contributed by atoms with E-state index in [4.69, 9.17) is 0 Å². The monoisotopic (exact) mass is 244 g/mol. The van der Waals surface area contributed by atoms with Crippen LogP contribution in [0.15, 0.2) is 85.0 Å². The first-order chi connectivity index (χ1) is 9.43. The van der Waals surface area contributed by atoms with Gasteiger partial charge in [-0.3, -0.25) is 0 Å². The first-order valence-corrected chi connectivity index (χ1v) is 6.63. The molecular weight excluding hydrogens is 228 g/mol. The lowest BCUT2D eigenvalue weighted by Crippen LogP contribution is -1.83. The largest absolute Gasteiger partial charge is 0.0807 e. The molecule has 0 fully saturated rings. The first-order valence-electron chi connectivity index (χ1n) is 6.63. The third kappa shape index (κ3) is 2.74. The van der Waals surface area contributed by atoms with Crippen molar-refractivity contribution in [1.82, 2.24) is 0 Å². The summed E-state index contributed by atoms with van der Waals surface area (Å²) in [4.78, 5) is 0. The second-order valence-electron chi connectivity index (χ2n) is 4.64. The molecule has 0 nitrogen and oxygen atoms in total. The highest BCUT2D eigenvalue weighted by molar-refractivity contribution is 5.79. The maximum absolute atomic E-state index is 2.25. The molecule has 0 heterocycles. The zero-order chi connectivity index (χ0) is 12.9. The van der Waals surface area contributed by atoms with E-state index in [-0.39, 0.29) is 0 Å². The summed E-state index contributed by atoms with van der Waals surface area (Å²) in [6.07, 6.45) is 11.9. The van der Waals surface area contributed by atoms with Crippen LogP contribution in [0, 0.1) is 0 Å². The van der Waals surface area contributed by atoms with E-state index >= 15 is 0 Å². The zero-order valence-corrected chi connectivity index (χ0v) is 10.8. The summed E-state index contributed by atoms with van der Waals surface area (Å²) in [5, 5.41) is 0. The van der Waals surface area contributed by atoms with Crippen molar-refractivity contribution in [2.75, 3.05) is 0 Å². The SMILES string of the molecule is C1=CCC=CC(c2cccc(-c3ccccc3)c2)=C1. The fraction of sp³-hybridized carbons (Fsp3) is 0.0526. The van der Waals surface area contributed by atoms with Crippen LogP contribution in [-0.2, 0) is 0 Å². The van der Waals surface area contributed by atoms with Gasteiger partial charge in [0.15, 0.2) is 0 Å². The Morgan fingerprint density at radius 2 is 1.47 bits per heavy atom. The van der Waals surface area contributed by atoms with Gasteiger partial charge in [-0.2, -0.15) is 0 Å². The zero-order valence-electron chi connectivity index (χ0n) is 10.8. The molecule has 92 valence electrons. The molecule has 0 aliphatic heterocycles. The van der Waals surface area contributed by atoms with Gasteiger partial charge in [-0.05, 0) is 34.8 Å². The minimum absolute atomic E-state index is 1.01. The van der Waals surface area contributed by atoms with Gasteiger partial charge in [-0.25, -0.2) is 0 Å². The van der Waals surface area contributed by atoms with Crippen molar-refractivity contribution in [3.63, 3.8) is 0 Å². The summed E-state index contributed by atoms with van der Waals surface area (Å²) in [6, 6.07) is 19.2. The molecule has 0 unspecified atom stereocenters. The van der Waals surface area contributed by atoms with Crippen LogP contribution >= 0.6 is 0 Å². The molecule has 1 aliphatic carbocycles. The summed E-state index contributed by atoms with van der Waals surface area (Å²) in [5.41, 5.74) is 5.06. The predicted octanol–water partition coefficient (Wildman–Crippen LogP) is 5.25.